The second-order valence-corrected chi connectivity index (χ2v) is 3.42. The molecular formula is C7H17N3. The third-order valence-corrected chi connectivity index (χ3v) is 0.866. The molecule has 0 bridgehead atoms. The molecule has 0 heterocycles. The average Bonchev–Trinajstić information content (AvgIpc) is 1.78. The van der Waals surface area contributed by atoms with Crippen molar-refractivity contribution in [2.75, 3.05) is 13.6 Å². The number of hydrazine groups is 1. The summed E-state index contributed by atoms with van der Waals surface area (Å²) in [7, 11) is 1.81. The molecule has 0 saturated carbocycles. The molecule has 0 rings (SSSR count). The van der Waals surface area contributed by atoms with Crippen molar-refractivity contribution in [3.8, 4) is 0 Å². The van der Waals surface area contributed by atoms with Gasteiger partial charge in [-0.3, -0.25) is 4.99 Å². The molecule has 3 heteroatoms. The van der Waals surface area contributed by atoms with Crippen LogP contribution in [0.3, 0.4) is 0 Å². The highest BCUT2D eigenvalue weighted by Gasteiger charge is 2.06. The Morgan fingerprint density at radius 2 is 2.00 bits per heavy atom. The van der Waals surface area contributed by atoms with E-state index in [0.717, 1.165) is 6.54 Å². The smallest absolute Gasteiger partial charge is 0.0966 e. The lowest BCUT2D eigenvalue weighted by atomic mass is 9.98. The molecule has 0 aliphatic heterocycles. The minimum absolute atomic E-state index is 0.284. The first kappa shape index (κ1) is 9.43. The normalized spacial score (nSPS) is 12.4. The molecule has 0 amide bonds. The van der Waals surface area contributed by atoms with Crippen molar-refractivity contribution in [1.82, 2.24) is 10.9 Å². The summed E-state index contributed by atoms with van der Waals surface area (Å²) < 4.78 is 0. The molecule has 0 spiro atoms. The van der Waals surface area contributed by atoms with Crippen LogP contribution in [-0.2, 0) is 0 Å². The molecule has 0 aromatic rings. The van der Waals surface area contributed by atoms with E-state index in [4.69, 9.17) is 0 Å². The Kier molecular flexibility index (Phi) is 4.03. The molecule has 0 aliphatic carbocycles. The number of aliphatic imine (C=N–C) groups is 1. The van der Waals surface area contributed by atoms with Crippen LogP contribution < -0.4 is 10.9 Å². The Morgan fingerprint density at radius 1 is 1.40 bits per heavy atom. The van der Waals surface area contributed by atoms with E-state index in [1.54, 1.807) is 6.34 Å². The fraction of sp³-hybridized carbons (Fsp3) is 0.857. The SMILES string of the molecule is CNNC=NCC(C)(C)C. The summed E-state index contributed by atoms with van der Waals surface area (Å²) >= 11 is 0. The molecule has 0 aromatic carbocycles. The zero-order chi connectivity index (χ0) is 8.04. The van der Waals surface area contributed by atoms with Gasteiger partial charge in [-0.1, -0.05) is 20.8 Å². The highest BCUT2D eigenvalue weighted by Crippen LogP contribution is 2.11. The lowest BCUT2D eigenvalue weighted by Gasteiger charge is -2.13. The molecule has 10 heavy (non-hydrogen) atoms. The van der Waals surface area contributed by atoms with E-state index in [0.29, 0.717) is 0 Å². The van der Waals surface area contributed by atoms with E-state index in [1.807, 2.05) is 7.05 Å². The summed E-state index contributed by atoms with van der Waals surface area (Å²) in [5, 5.41) is 0. The number of nitrogens with zero attached hydrogens (tertiary/aromatic N) is 1. The summed E-state index contributed by atoms with van der Waals surface area (Å²) in [6.45, 7) is 7.32. The van der Waals surface area contributed by atoms with Gasteiger partial charge in [0.2, 0.25) is 0 Å². The van der Waals surface area contributed by atoms with Gasteiger partial charge in [-0.05, 0) is 5.41 Å². The summed E-state index contributed by atoms with van der Waals surface area (Å²) in [5.74, 6) is 0. The average molecular weight is 143 g/mol. The largest absolute Gasteiger partial charge is 0.313 e. The number of hydrogen-bond acceptors (Lipinski definition) is 2. The van der Waals surface area contributed by atoms with E-state index in [2.05, 4.69) is 36.6 Å². The van der Waals surface area contributed by atoms with Crippen molar-refractivity contribution >= 4 is 6.34 Å². The maximum atomic E-state index is 4.13. The number of nitrogens with one attached hydrogen (secondary N) is 2. The van der Waals surface area contributed by atoms with Gasteiger partial charge in [0, 0.05) is 13.6 Å². The third-order valence-electron chi connectivity index (χ3n) is 0.866. The monoisotopic (exact) mass is 143 g/mol. The molecular weight excluding hydrogens is 126 g/mol. The lowest BCUT2D eigenvalue weighted by molar-refractivity contribution is 0.429. The standard InChI is InChI=1S/C7H17N3/c1-7(2,3)5-9-6-10-8-4/h6,8H,5H2,1-4H3,(H,9,10). The molecule has 0 aromatic heterocycles. The second kappa shape index (κ2) is 4.28. The summed E-state index contributed by atoms with van der Waals surface area (Å²) in [6, 6.07) is 0. The fourth-order valence-corrected chi connectivity index (χ4v) is 0.430. The van der Waals surface area contributed by atoms with Gasteiger partial charge in [-0.2, -0.15) is 0 Å². The minimum atomic E-state index is 0.284. The van der Waals surface area contributed by atoms with Gasteiger partial charge in [0.25, 0.3) is 0 Å². The highest BCUT2D eigenvalue weighted by molar-refractivity contribution is 5.53. The maximum Gasteiger partial charge on any atom is 0.0966 e. The quantitative estimate of drug-likeness (QED) is 0.348. The van der Waals surface area contributed by atoms with Crippen LogP contribution in [0.2, 0.25) is 0 Å². The predicted octanol–water partition coefficient (Wildman–Crippen LogP) is 0.785. The first-order chi connectivity index (χ1) is 4.56. The Bertz CT molecular complexity index is 102. The van der Waals surface area contributed by atoms with E-state index in [-0.39, 0.29) is 5.41 Å². The second-order valence-electron chi connectivity index (χ2n) is 3.42. The van der Waals surface area contributed by atoms with E-state index in [1.165, 1.54) is 0 Å². The molecule has 0 saturated heterocycles. The van der Waals surface area contributed by atoms with E-state index < -0.39 is 0 Å². The molecule has 0 aliphatic rings. The Morgan fingerprint density at radius 3 is 2.40 bits per heavy atom. The van der Waals surface area contributed by atoms with Crippen molar-refractivity contribution in [1.29, 1.82) is 0 Å². The lowest BCUT2D eigenvalue weighted by Crippen LogP contribution is -2.26. The summed E-state index contributed by atoms with van der Waals surface area (Å²) in [5.41, 5.74) is 5.82. The van der Waals surface area contributed by atoms with E-state index >= 15 is 0 Å². The molecule has 0 atom stereocenters. The van der Waals surface area contributed by atoms with Gasteiger partial charge in [0.15, 0.2) is 0 Å². The maximum absolute atomic E-state index is 4.13. The highest BCUT2D eigenvalue weighted by atomic mass is 15.3. The van der Waals surface area contributed by atoms with Gasteiger partial charge < -0.3 is 5.43 Å². The third kappa shape index (κ3) is 7.43. The summed E-state index contributed by atoms with van der Waals surface area (Å²) in [4.78, 5) is 4.13. The Labute approximate surface area is 62.9 Å². The van der Waals surface area contributed by atoms with Crippen LogP contribution in [0, 0.1) is 5.41 Å². The number of hydrogen-bond donors (Lipinski definition) is 2. The summed E-state index contributed by atoms with van der Waals surface area (Å²) in [6.07, 6.45) is 1.67. The van der Waals surface area contributed by atoms with Crippen molar-refractivity contribution in [3.05, 3.63) is 0 Å². The van der Waals surface area contributed by atoms with Gasteiger partial charge >= 0.3 is 0 Å². The van der Waals surface area contributed by atoms with Crippen LogP contribution >= 0.6 is 0 Å². The Balaban J connectivity index is 3.34. The fourth-order valence-electron chi connectivity index (χ4n) is 0.430. The van der Waals surface area contributed by atoms with Gasteiger partial charge in [-0.15, -0.1) is 0 Å². The van der Waals surface area contributed by atoms with Crippen LogP contribution in [0.4, 0.5) is 0 Å². The molecule has 0 radical (unpaired) electrons. The van der Waals surface area contributed by atoms with Crippen molar-refractivity contribution in [2.45, 2.75) is 20.8 Å². The van der Waals surface area contributed by atoms with Crippen LogP contribution in [0.5, 0.6) is 0 Å². The van der Waals surface area contributed by atoms with Crippen LogP contribution in [-0.4, -0.2) is 19.9 Å². The van der Waals surface area contributed by atoms with Crippen LogP contribution in [0.1, 0.15) is 20.8 Å². The van der Waals surface area contributed by atoms with Crippen LogP contribution in [0.25, 0.3) is 0 Å². The predicted molar refractivity (Wildman–Crippen MR) is 45.0 cm³/mol. The van der Waals surface area contributed by atoms with Crippen LogP contribution in [0.15, 0.2) is 4.99 Å². The van der Waals surface area contributed by atoms with Crippen molar-refractivity contribution < 1.29 is 0 Å². The van der Waals surface area contributed by atoms with Crippen molar-refractivity contribution in [2.24, 2.45) is 10.4 Å². The Hall–Kier alpha value is -0.570. The zero-order valence-electron chi connectivity index (χ0n) is 7.23. The van der Waals surface area contributed by atoms with Crippen molar-refractivity contribution in [3.63, 3.8) is 0 Å². The molecule has 0 unspecified atom stereocenters. The zero-order valence-corrected chi connectivity index (χ0v) is 7.23. The molecule has 3 nitrogen and oxygen atoms in total. The van der Waals surface area contributed by atoms with Gasteiger partial charge in [-0.25, -0.2) is 5.43 Å². The first-order valence-corrected chi connectivity index (χ1v) is 3.47. The topological polar surface area (TPSA) is 36.4 Å². The molecule has 2 N–H and O–H groups in total. The molecule has 60 valence electrons. The molecule has 0 fully saturated rings. The number of rotatable bonds is 3. The van der Waals surface area contributed by atoms with E-state index in [9.17, 15) is 0 Å². The minimum Gasteiger partial charge on any atom is -0.313 e. The van der Waals surface area contributed by atoms with Gasteiger partial charge in [0.05, 0.1) is 6.34 Å². The first-order valence-electron chi connectivity index (χ1n) is 3.47. The van der Waals surface area contributed by atoms with Gasteiger partial charge in [0.1, 0.15) is 0 Å².